The molecule has 0 bridgehead atoms. The van der Waals surface area contributed by atoms with Crippen LogP contribution in [-0.4, -0.2) is 37.2 Å². The number of carbonyl (C=O) groups excluding carboxylic acids is 1. The number of rotatable bonds is 39. The van der Waals surface area contributed by atoms with Crippen molar-refractivity contribution < 1.29 is 28.9 Å². The lowest BCUT2D eigenvalue weighted by Crippen LogP contribution is -2.09. The van der Waals surface area contributed by atoms with Crippen molar-refractivity contribution in [1.82, 2.24) is 0 Å². The van der Waals surface area contributed by atoms with Gasteiger partial charge in [0.25, 0.3) is 0 Å². The van der Waals surface area contributed by atoms with Crippen LogP contribution in [0, 0.1) is 0 Å². The molecule has 0 aromatic heterocycles. The minimum Gasteiger partial charge on any atom is -0.450 e. The first-order chi connectivity index (χ1) is 24.6. The fourth-order valence-corrected chi connectivity index (χ4v) is 6.34. The Morgan fingerprint density at radius 1 is 0.300 bits per heavy atom. The van der Waals surface area contributed by atoms with Crippen molar-refractivity contribution >= 4 is 12.3 Å². The molecule has 0 aliphatic carbocycles. The van der Waals surface area contributed by atoms with Gasteiger partial charge in [-0.1, -0.05) is 233 Å². The minimum absolute atomic E-state index is 0.355. The van der Waals surface area contributed by atoms with E-state index in [9.17, 15) is 9.59 Å². The monoisotopic (exact) mass is 713 g/mol. The van der Waals surface area contributed by atoms with Crippen LogP contribution in [0.5, 0.6) is 0 Å². The fourth-order valence-electron chi connectivity index (χ4n) is 6.34. The molecule has 6 heteroatoms. The molecule has 0 heterocycles. The van der Waals surface area contributed by atoms with Crippen molar-refractivity contribution in [2.75, 3.05) is 19.8 Å². The van der Waals surface area contributed by atoms with E-state index in [0.29, 0.717) is 19.8 Å². The molecule has 0 amide bonds. The molecule has 0 atom stereocenters. The van der Waals surface area contributed by atoms with Crippen molar-refractivity contribution in [3.05, 3.63) is 0 Å². The zero-order valence-corrected chi connectivity index (χ0v) is 34.1. The fraction of sp³-hybridized carbons (Fsp3) is 0.955. The number of hydrogen-bond acceptors (Lipinski definition) is 5. The third-order valence-electron chi connectivity index (χ3n) is 9.66. The second kappa shape index (κ2) is 47.5. The summed E-state index contributed by atoms with van der Waals surface area (Å²) in [4.78, 5) is 21.7. The van der Waals surface area contributed by atoms with E-state index in [4.69, 9.17) is 14.6 Å². The van der Waals surface area contributed by atoms with Crippen LogP contribution in [0.1, 0.15) is 252 Å². The molecule has 6 nitrogen and oxygen atoms in total. The van der Waals surface area contributed by atoms with Crippen molar-refractivity contribution in [1.29, 1.82) is 0 Å². The van der Waals surface area contributed by atoms with Crippen LogP contribution in [-0.2, 0) is 14.2 Å². The summed E-state index contributed by atoms with van der Waals surface area (Å²) in [6.45, 7) is 8.16. The van der Waals surface area contributed by atoms with Crippen LogP contribution in [0.3, 0.4) is 0 Å². The summed E-state index contributed by atoms with van der Waals surface area (Å²) in [6.07, 6.45) is 45.4. The molecule has 0 unspecified atom stereocenters. The lowest BCUT2D eigenvalue weighted by molar-refractivity contribution is 0.0528. The SMILES string of the molecule is CCCCCCCCCCCCCCCCCCOC(=O)O.CCCCCCCCCCCCOC(=O)OCCCCCCCCCCCC. The normalized spacial score (nSPS) is 10.9. The standard InChI is InChI=1S/C25H50O3.C19H38O3/c1-3-5-7-9-11-13-15-17-19-21-23-27-25(26)28-24-22-20-18-16-14-12-10-8-6-4-2;1-2-3-4-5-6-7-8-9-10-11-12-13-14-15-16-17-18-22-19(20)21/h3-24H2,1-2H3;2-18H2,1H3,(H,20,21). The largest absolute Gasteiger partial charge is 0.508 e. The zero-order valence-electron chi connectivity index (χ0n) is 34.1. The second-order valence-corrected chi connectivity index (χ2v) is 14.7. The lowest BCUT2D eigenvalue weighted by atomic mass is 10.0. The molecule has 50 heavy (non-hydrogen) atoms. The van der Waals surface area contributed by atoms with Crippen LogP contribution in [0.25, 0.3) is 0 Å². The molecule has 300 valence electrons. The Hall–Kier alpha value is -1.46. The van der Waals surface area contributed by atoms with Crippen molar-refractivity contribution in [3.8, 4) is 0 Å². The predicted molar refractivity (Wildman–Crippen MR) is 215 cm³/mol. The molecule has 0 aromatic rings. The summed E-state index contributed by atoms with van der Waals surface area (Å²) in [5.74, 6) is 0. The minimum atomic E-state index is -1.15. The maximum atomic E-state index is 11.5. The number of ether oxygens (including phenoxy) is 3. The van der Waals surface area contributed by atoms with Gasteiger partial charge in [-0.2, -0.15) is 0 Å². The molecule has 0 saturated heterocycles. The van der Waals surface area contributed by atoms with Crippen molar-refractivity contribution in [2.45, 2.75) is 252 Å². The molecule has 0 aliphatic rings. The Bertz CT molecular complexity index is 612. The third kappa shape index (κ3) is 50.9. The molecule has 0 rings (SSSR count). The van der Waals surface area contributed by atoms with Gasteiger partial charge in [0.1, 0.15) is 0 Å². The molecule has 0 radical (unpaired) electrons. The van der Waals surface area contributed by atoms with Gasteiger partial charge in [0, 0.05) is 0 Å². The highest BCUT2D eigenvalue weighted by molar-refractivity contribution is 5.59. The van der Waals surface area contributed by atoms with Crippen LogP contribution in [0.15, 0.2) is 0 Å². The summed E-state index contributed by atoms with van der Waals surface area (Å²) >= 11 is 0. The molecule has 0 saturated carbocycles. The van der Waals surface area contributed by atoms with E-state index in [1.165, 1.54) is 193 Å². The first-order valence-corrected chi connectivity index (χ1v) is 22.2. The van der Waals surface area contributed by atoms with E-state index >= 15 is 0 Å². The molecular weight excluding hydrogens is 624 g/mol. The van der Waals surface area contributed by atoms with Crippen LogP contribution in [0.4, 0.5) is 9.59 Å². The van der Waals surface area contributed by atoms with Gasteiger partial charge in [-0.05, 0) is 19.3 Å². The first-order valence-electron chi connectivity index (χ1n) is 22.2. The zero-order chi connectivity index (χ0) is 36.9. The number of unbranched alkanes of at least 4 members (excludes halogenated alkanes) is 33. The Kier molecular flexibility index (Phi) is 48.2. The Balaban J connectivity index is 0. The number of carbonyl (C=O) groups is 2. The summed E-state index contributed by atoms with van der Waals surface area (Å²) in [5, 5.41) is 8.32. The highest BCUT2D eigenvalue weighted by Gasteiger charge is 2.03. The molecule has 0 aromatic carbocycles. The van der Waals surface area contributed by atoms with Crippen molar-refractivity contribution in [2.24, 2.45) is 0 Å². The lowest BCUT2D eigenvalue weighted by Gasteiger charge is -2.06. The summed E-state index contributed by atoms with van der Waals surface area (Å²) < 4.78 is 14.8. The summed E-state index contributed by atoms with van der Waals surface area (Å²) in [6, 6.07) is 0. The second-order valence-electron chi connectivity index (χ2n) is 14.7. The number of carboxylic acid groups (broad SMARTS) is 1. The Labute approximate surface area is 312 Å². The van der Waals surface area contributed by atoms with E-state index < -0.39 is 12.3 Å². The summed E-state index contributed by atoms with van der Waals surface area (Å²) in [5.41, 5.74) is 0. The van der Waals surface area contributed by atoms with Gasteiger partial charge in [0.2, 0.25) is 0 Å². The van der Waals surface area contributed by atoms with Gasteiger partial charge in [-0.3, -0.25) is 0 Å². The maximum Gasteiger partial charge on any atom is 0.508 e. The maximum absolute atomic E-state index is 11.5. The molecule has 1 N–H and O–H groups in total. The van der Waals surface area contributed by atoms with E-state index in [2.05, 4.69) is 25.5 Å². The average molecular weight is 713 g/mol. The van der Waals surface area contributed by atoms with Crippen LogP contribution in [0.2, 0.25) is 0 Å². The topological polar surface area (TPSA) is 82.1 Å². The van der Waals surface area contributed by atoms with Crippen LogP contribution < -0.4 is 0 Å². The van der Waals surface area contributed by atoms with E-state index in [1.54, 1.807) is 0 Å². The first kappa shape index (κ1) is 50.6. The molecule has 0 spiro atoms. The molecule has 0 aliphatic heterocycles. The van der Waals surface area contributed by atoms with Gasteiger partial charge in [-0.15, -0.1) is 0 Å². The average Bonchev–Trinajstić information content (AvgIpc) is 3.11. The predicted octanol–water partition coefficient (Wildman–Crippen LogP) is 15.9. The Morgan fingerprint density at radius 3 is 0.680 bits per heavy atom. The third-order valence-corrected chi connectivity index (χ3v) is 9.66. The van der Waals surface area contributed by atoms with Gasteiger partial charge >= 0.3 is 12.3 Å². The van der Waals surface area contributed by atoms with Gasteiger partial charge in [0.05, 0.1) is 19.8 Å². The molecule has 0 fully saturated rings. The van der Waals surface area contributed by atoms with E-state index in [-0.39, 0.29) is 0 Å². The van der Waals surface area contributed by atoms with Crippen molar-refractivity contribution in [3.63, 3.8) is 0 Å². The van der Waals surface area contributed by atoms with Crippen LogP contribution >= 0.6 is 0 Å². The Morgan fingerprint density at radius 2 is 0.480 bits per heavy atom. The quantitative estimate of drug-likeness (QED) is 0.0505. The summed E-state index contributed by atoms with van der Waals surface area (Å²) in [7, 11) is 0. The highest BCUT2D eigenvalue weighted by atomic mass is 16.7. The van der Waals surface area contributed by atoms with Gasteiger partial charge in [0.15, 0.2) is 0 Å². The van der Waals surface area contributed by atoms with E-state index in [0.717, 1.165) is 38.5 Å². The highest BCUT2D eigenvalue weighted by Crippen LogP contribution is 2.15. The smallest absolute Gasteiger partial charge is 0.450 e. The molecular formula is C44H88O6. The van der Waals surface area contributed by atoms with Gasteiger partial charge < -0.3 is 19.3 Å². The van der Waals surface area contributed by atoms with Gasteiger partial charge in [-0.25, -0.2) is 9.59 Å². The number of hydrogen-bond donors (Lipinski definition) is 1. The van der Waals surface area contributed by atoms with E-state index in [1.807, 2.05) is 0 Å².